The summed E-state index contributed by atoms with van der Waals surface area (Å²) in [6, 6.07) is 0.148. The monoisotopic (exact) mass is 184 g/mol. The van der Waals surface area contributed by atoms with E-state index in [1.807, 2.05) is 6.92 Å². The molecule has 1 N–H and O–H groups in total. The highest BCUT2D eigenvalue weighted by Gasteiger charge is 2.23. The summed E-state index contributed by atoms with van der Waals surface area (Å²) in [6.45, 7) is 2.47. The fourth-order valence-corrected chi connectivity index (χ4v) is 1.46. The van der Waals surface area contributed by atoms with E-state index in [-0.39, 0.29) is 17.9 Å². The minimum atomic E-state index is 0.0627. The number of hydrogen-bond donors (Lipinski definition) is 1. The van der Waals surface area contributed by atoms with Gasteiger partial charge in [-0.1, -0.05) is 6.92 Å². The lowest BCUT2D eigenvalue weighted by Crippen LogP contribution is -2.48. The van der Waals surface area contributed by atoms with E-state index in [4.69, 9.17) is 0 Å². The molecule has 0 unspecified atom stereocenters. The van der Waals surface area contributed by atoms with Gasteiger partial charge in [0, 0.05) is 32.5 Å². The summed E-state index contributed by atoms with van der Waals surface area (Å²) < 4.78 is 0. The molecule has 0 radical (unpaired) electrons. The third-order valence-corrected chi connectivity index (χ3v) is 2.31. The topological polar surface area (TPSA) is 49.4 Å². The van der Waals surface area contributed by atoms with Crippen molar-refractivity contribution in [1.29, 1.82) is 0 Å². The van der Waals surface area contributed by atoms with Crippen molar-refractivity contribution < 1.29 is 9.59 Å². The van der Waals surface area contributed by atoms with Crippen molar-refractivity contribution in [2.45, 2.75) is 32.2 Å². The SMILES string of the molecule is CCC(=O)N[C@H]1CCC(=O)N(C)C1. The van der Waals surface area contributed by atoms with Crippen molar-refractivity contribution >= 4 is 11.8 Å². The zero-order valence-corrected chi connectivity index (χ0v) is 8.17. The maximum atomic E-state index is 11.1. The Balaban J connectivity index is 2.37. The molecule has 0 aliphatic carbocycles. The van der Waals surface area contributed by atoms with Crippen LogP contribution in [-0.2, 0) is 9.59 Å². The van der Waals surface area contributed by atoms with E-state index < -0.39 is 0 Å². The molecule has 1 rings (SSSR count). The molecule has 0 aromatic carbocycles. The lowest BCUT2D eigenvalue weighted by molar-refractivity contribution is -0.133. The van der Waals surface area contributed by atoms with E-state index in [9.17, 15) is 9.59 Å². The van der Waals surface area contributed by atoms with Crippen molar-refractivity contribution in [3.05, 3.63) is 0 Å². The van der Waals surface area contributed by atoms with Gasteiger partial charge >= 0.3 is 0 Å². The van der Waals surface area contributed by atoms with Crippen LogP contribution in [-0.4, -0.2) is 36.3 Å². The number of rotatable bonds is 2. The quantitative estimate of drug-likeness (QED) is 0.663. The number of amides is 2. The molecule has 0 aromatic heterocycles. The van der Waals surface area contributed by atoms with Gasteiger partial charge in [0.15, 0.2) is 0 Å². The Labute approximate surface area is 78.3 Å². The number of carbonyl (C=O) groups is 2. The molecular weight excluding hydrogens is 168 g/mol. The molecule has 74 valence electrons. The zero-order chi connectivity index (χ0) is 9.84. The lowest BCUT2D eigenvalue weighted by Gasteiger charge is -2.30. The van der Waals surface area contributed by atoms with E-state index >= 15 is 0 Å². The molecule has 0 bridgehead atoms. The van der Waals surface area contributed by atoms with Crippen molar-refractivity contribution in [2.75, 3.05) is 13.6 Å². The van der Waals surface area contributed by atoms with Gasteiger partial charge in [0.2, 0.25) is 11.8 Å². The second kappa shape index (κ2) is 4.25. The summed E-state index contributed by atoms with van der Waals surface area (Å²) in [5.74, 6) is 0.231. The Morgan fingerprint density at radius 3 is 2.92 bits per heavy atom. The fraction of sp³-hybridized carbons (Fsp3) is 0.778. The number of nitrogens with zero attached hydrogens (tertiary/aromatic N) is 1. The van der Waals surface area contributed by atoms with Crippen LogP contribution >= 0.6 is 0 Å². The predicted molar refractivity (Wildman–Crippen MR) is 49.1 cm³/mol. The van der Waals surface area contributed by atoms with Gasteiger partial charge in [-0.2, -0.15) is 0 Å². The molecule has 2 amide bonds. The molecular formula is C9H16N2O2. The van der Waals surface area contributed by atoms with Gasteiger partial charge in [-0.05, 0) is 6.42 Å². The Morgan fingerprint density at radius 1 is 1.69 bits per heavy atom. The molecule has 4 nitrogen and oxygen atoms in total. The summed E-state index contributed by atoms with van der Waals surface area (Å²) in [5.41, 5.74) is 0. The molecule has 1 saturated heterocycles. The molecule has 1 heterocycles. The Bertz CT molecular complexity index is 216. The van der Waals surface area contributed by atoms with Crippen LogP contribution in [0.2, 0.25) is 0 Å². The van der Waals surface area contributed by atoms with Gasteiger partial charge in [-0.15, -0.1) is 0 Å². The van der Waals surface area contributed by atoms with Crippen LogP contribution < -0.4 is 5.32 Å². The molecule has 1 aliphatic heterocycles. The molecule has 0 spiro atoms. The van der Waals surface area contributed by atoms with Crippen LogP contribution in [0.3, 0.4) is 0 Å². The maximum Gasteiger partial charge on any atom is 0.222 e. The molecule has 1 fully saturated rings. The highest BCUT2D eigenvalue weighted by molar-refractivity contribution is 5.78. The second-order valence-corrected chi connectivity index (χ2v) is 3.43. The van der Waals surface area contributed by atoms with Crippen molar-refractivity contribution in [2.24, 2.45) is 0 Å². The van der Waals surface area contributed by atoms with E-state index in [2.05, 4.69) is 5.32 Å². The Hall–Kier alpha value is -1.06. The summed E-state index contributed by atoms with van der Waals surface area (Å²) in [5, 5.41) is 2.89. The number of piperidine rings is 1. The van der Waals surface area contributed by atoms with Gasteiger partial charge in [-0.3, -0.25) is 9.59 Å². The maximum absolute atomic E-state index is 11.1. The van der Waals surface area contributed by atoms with E-state index in [0.29, 0.717) is 19.4 Å². The first-order valence-corrected chi connectivity index (χ1v) is 4.66. The van der Waals surface area contributed by atoms with Gasteiger partial charge < -0.3 is 10.2 Å². The Morgan fingerprint density at radius 2 is 2.38 bits per heavy atom. The average Bonchev–Trinajstić information content (AvgIpc) is 2.11. The van der Waals surface area contributed by atoms with Crippen LogP contribution in [0.15, 0.2) is 0 Å². The van der Waals surface area contributed by atoms with Gasteiger partial charge in [0.05, 0.1) is 0 Å². The van der Waals surface area contributed by atoms with Crippen molar-refractivity contribution in [1.82, 2.24) is 10.2 Å². The number of nitrogens with one attached hydrogen (secondary N) is 1. The van der Waals surface area contributed by atoms with Gasteiger partial charge in [0.1, 0.15) is 0 Å². The standard InChI is InChI=1S/C9H16N2O2/c1-3-8(12)10-7-4-5-9(13)11(2)6-7/h7H,3-6H2,1-2H3,(H,10,12)/t7-/m0/s1. The zero-order valence-electron chi connectivity index (χ0n) is 8.17. The number of carbonyl (C=O) groups excluding carboxylic acids is 2. The largest absolute Gasteiger partial charge is 0.352 e. The summed E-state index contributed by atoms with van der Waals surface area (Å²) >= 11 is 0. The van der Waals surface area contributed by atoms with Crippen LogP contribution in [0.25, 0.3) is 0 Å². The summed E-state index contributed by atoms with van der Waals surface area (Å²) in [6.07, 6.45) is 1.83. The normalized spacial score (nSPS) is 23.1. The number of likely N-dealkylation sites (N-methyl/N-ethyl adjacent to an activating group) is 1. The first kappa shape index (κ1) is 10.0. The molecule has 0 saturated carbocycles. The molecule has 1 atom stereocenters. The molecule has 13 heavy (non-hydrogen) atoms. The fourth-order valence-electron chi connectivity index (χ4n) is 1.46. The van der Waals surface area contributed by atoms with E-state index in [0.717, 1.165) is 6.42 Å². The highest BCUT2D eigenvalue weighted by atomic mass is 16.2. The smallest absolute Gasteiger partial charge is 0.222 e. The van der Waals surface area contributed by atoms with Crippen molar-refractivity contribution in [3.63, 3.8) is 0 Å². The van der Waals surface area contributed by atoms with Crippen molar-refractivity contribution in [3.8, 4) is 0 Å². The average molecular weight is 184 g/mol. The first-order valence-electron chi connectivity index (χ1n) is 4.66. The predicted octanol–water partition coefficient (Wildman–Crippen LogP) is 0.133. The Kier molecular flexibility index (Phi) is 3.28. The third kappa shape index (κ3) is 2.72. The second-order valence-electron chi connectivity index (χ2n) is 3.43. The van der Waals surface area contributed by atoms with Gasteiger partial charge in [0.25, 0.3) is 0 Å². The first-order chi connectivity index (χ1) is 6.13. The summed E-state index contributed by atoms with van der Waals surface area (Å²) in [4.78, 5) is 23.8. The van der Waals surface area contributed by atoms with Crippen LogP contribution in [0.1, 0.15) is 26.2 Å². The minimum absolute atomic E-state index is 0.0627. The molecule has 0 aromatic rings. The van der Waals surface area contributed by atoms with Crippen LogP contribution in [0.5, 0.6) is 0 Å². The van der Waals surface area contributed by atoms with E-state index in [1.54, 1.807) is 11.9 Å². The van der Waals surface area contributed by atoms with E-state index in [1.165, 1.54) is 0 Å². The summed E-state index contributed by atoms with van der Waals surface area (Å²) in [7, 11) is 1.77. The minimum Gasteiger partial charge on any atom is -0.352 e. The molecule has 4 heteroatoms. The lowest BCUT2D eigenvalue weighted by atomic mass is 10.1. The number of likely N-dealkylation sites (tertiary alicyclic amines) is 1. The van der Waals surface area contributed by atoms with Gasteiger partial charge in [-0.25, -0.2) is 0 Å². The van der Waals surface area contributed by atoms with Crippen LogP contribution in [0.4, 0.5) is 0 Å². The highest BCUT2D eigenvalue weighted by Crippen LogP contribution is 2.09. The van der Waals surface area contributed by atoms with Crippen LogP contribution in [0, 0.1) is 0 Å². The number of hydrogen-bond acceptors (Lipinski definition) is 2. The molecule has 1 aliphatic rings. The third-order valence-electron chi connectivity index (χ3n) is 2.31.